The maximum absolute atomic E-state index is 13.3. The largest absolute Gasteiger partial charge is 0.348 e. The van der Waals surface area contributed by atoms with Crippen molar-refractivity contribution in [1.29, 1.82) is 0 Å². The zero-order chi connectivity index (χ0) is 20.7. The summed E-state index contributed by atoms with van der Waals surface area (Å²) in [5.74, 6) is 0.355. The van der Waals surface area contributed by atoms with Crippen molar-refractivity contribution in [3.05, 3.63) is 42.7 Å². The van der Waals surface area contributed by atoms with E-state index in [0.29, 0.717) is 15.3 Å². The first-order valence-corrected chi connectivity index (χ1v) is 10.4. The van der Waals surface area contributed by atoms with Gasteiger partial charge in [0.15, 0.2) is 10.9 Å². The SMILES string of the molecule is CC1CN(CC(=O)Nc2nc3ccc(F)cc3s2)CCN1c1nccn2cnnc12. The van der Waals surface area contributed by atoms with Crippen molar-refractivity contribution in [2.45, 2.75) is 13.0 Å². The lowest BCUT2D eigenvalue weighted by atomic mass is 10.2. The molecule has 0 bridgehead atoms. The fourth-order valence-electron chi connectivity index (χ4n) is 3.75. The number of hydrogen-bond acceptors (Lipinski definition) is 8. The van der Waals surface area contributed by atoms with E-state index in [-0.39, 0.29) is 24.3 Å². The van der Waals surface area contributed by atoms with E-state index < -0.39 is 0 Å². The van der Waals surface area contributed by atoms with Crippen molar-refractivity contribution in [1.82, 2.24) is 29.5 Å². The van der Waals surface area contributed by atoms with Gasteiger partial charge in [-0.3, -0.25) is 14.1 Å². The second-order valence-corrected chi connectivity index (χ2v) is 8.30. The minimum Gasteiger partial charge on any atom is -0.348 e. The van der Waals surface area contributed by atoms with Crippen molar-refractivity contribution in [3.63, 3.8) is 0 Å². The highest BCUT2D eigenvalue weighted by Gasteiger charge is 2.27. The maximum Gasteiger partial charge on any atom is 0.240 e. The van der Waals surface area contributed by atoms with Crippen molar-refractivity contribution in [3.8, 4) is 0 Å². The number of amides is 1. The number of hydrogen-bond donors (Lipinski definition) is 1. The van der Waals surface area contributed by atoms with Gasteiger partial charge in [-0.2, -0.15) is 0 Å². The molecule has 1 saturated heterocycles. The van der Waals surface area contributed by atoms with Gasteiger partial charge < -0.3 is 10.2 Å². The van der Waals surface area contributed by atoms with Crippen LogP contribution in [0.2, 0.25) is 0 Å². The zero-order valence-electron chi connectivity index (χ0n) is 16.2. The highest BCUT2D eigenvalue weighted by Crippen LogP contribution is 2.26. The van der Waals surface area contributed by atoms with Crippen LogP contribution in [0.3, 0.4) is 0 Å². The van der Waals surface area contributed by atoms with Crippen LogP contribution in [0.4, 0.5) is 15.3 Å². The molecule has 1 aliphatic rings. The second-order valence-electron chi connectivity index (χ2n) is 7.27. The van der Waals surface area contributed by atoms with Gasteiger partial charge >= 0.3 is 0 Å². The predicted molar refractivity (Wildman–Crippen MR) is 112 cm³/mol. The summed E-state index contributed by atoms with van der Waals surface area (Å²) in [6, 6.07) is 4.56. The van der Waals surface area contributed by atoms with E-state index in [1.807, 2.05) is 10.6 Å². The Labute approximate surface area is 175 Å². The summed E-state index contributed by atoms with van der Waals surface area (Å²) in [5.41, 5.74) is 1.40. The predicted octanol–water partition coefficient (Wildman–Crippen LogP) is 2.02. The van der Waals surface area contributed by atoms with Crippen LogP contribution in [0.15, 0.2) is 36.9 Å². The molecular weight excluding hydrogens is 407 g/mol. The van der Waals surface area contributed by atoms with Crippen LogP contribution in [0, 0.1) is 5.82 Å². The van der Waals surface area contributed by atoms with Crippen molar-refractivity contribution in [2.75, 3.05) is 36.4 Å². The Hall–Kier alpha value is -3.18. The molecule has 4 aromatic rings. The van der Waals surface area contributed by atoms with Crippen LogP contribution >= 0.6 is 11.3 Å². The van der Waals surface area contributed by atoms with E-state index in [0.717, 1.165) is 31.1 Å². The van der Waals surface area contributed by atoms with Gasteiger partial charge in [0, 0.05) is 38.1 Å². The minimum atomic E-state index is -0.313. The van der Waals surface area contributed by atoms with E-state index in [2.05, 4.69) is 42.2 Å². The number of nitrogens with one attached hydrogen (secondary N) is 1. The van der Waals surface area contributed by atoms with Crippen LogP contribution in [-0.4, -0.2) is 67.6 Å². The summed E-state index contributed by atoms with van der Waals surface area (Å²) in [4.78, 5) is 25.7. The summed E-state index contributed by atoms with van der Waals surface area (Å²) in [7, 11) is 0. The topological polar surface area (TPSA) is 91.6 Å². The molecule has 1 fully saturated rings. The van der Waals surface area contributed by atoms with Crippen molar-refractivity contribution < 1.29 is 9.18 Å². The highest BCUT2D eigenvalue weighted by molar-refractivity contribution is 7.22. The number of piperazine rings is 1. The van der Waals surface area contributed by atoms with Gasteiger partial charge in [0.1, 0.15) is 12.1 Å². The first kappa shape index (κ1) is 18.8. The monoisotopic (exact) mass is 426 g/mol. The average Bonchev–Trinajstić information content (AvgIpc) is 3.34. The number of thiazole rings is 1. The summed E-state index contributed by atoms with van der Waals surface area (Å²) >= 11 is 1.27. The lowest BCUT2D eigenvalue weighted by Gasteiger charge is -2.40. The summed E-state index contributed by atoms with van der Waals surface area (Å²) in [6.07, 6.45) is 5.21. The van der Waals surface area contributed by atoms with E-state index in [1.165, 1.54) is 23.5 Å². The zero-order valence-corrected chi connectivity index (χ0v) is 17.0. The molecule has 9 nitrogen and oxygen atoms in total. The Kier molecular flexibility index (Phi) is 4.75. The molecule has 154 valence electrons. The lowest BCUT2D eigenvalue weighted by molar-refractivity contribution is -0.117. The quantitative estimate of drug-likeness (QED) is 0.534. The normalized spacial score (nSPS) is 17.7. The number of benzene rings is 1. The molecule has 1 aliphatic heterocycles. The highest BCUT2D eigenvalue weighted by atomic mass is 32.1. The van der Waals surface area contributed by atoms with Crippen LogP contribution < -0.4 is 10.2 Å². The Morgan fingerprint density at radius 1 is 1.37 bits per heavy atom. The van der Waals surface area contributed by atoms with Gasteiger partial charge in [-0.05, 0) is 25.1 Å². The summed E-state index contributed by atoms with van der Waals surface area (Å²) in [6.45, 7) is 4.54. The third-order valence-corrected chi connectivity index (χ3v) is 6.08. The fraction of sp³-hybridized carbons (Fsp3) is 0.316. The van der Waals surface area contributed by atoms with Gasteiger partial charge in [0.25, 0.3) is 0 Å². The van der Waals surface area contributed by atoms with Crippen molar-refractivity contribution >= 4 is 44.1 Å². The van der Waals surface area contributed by atoms with Gasteiger partial charge in [0.05, 0.1) is 16.8 Å². The fourth-order valence-corrected chi connectivity index (χ4v) is 4.66. The van der Waals surface area contributed by atoms with Crippen molar-refractivity contribution in [2.24, 2.45) is 0 Å². The molecule has 1 N–H and O–H groups in total. The molecule has 0 saturated carbocycles. The molecule has 11 heteroatoms. The molecule has 30 heavy (non-hydrogen) atoms. The van der Waals surface area contributed by atoms with E-state index in [9.17, 15) is 9.18 Å². The number of halogens is 1. The summed E-state index contributed by atoms with van der Waals surface area (Å²) in [5, 5.41) is 11.4. The molecule has 1 amide bonds. The van der Waals surface area contributed by atoms with Crippen LogP contribution in [0.1, 0.15) is 6.92 Å². The molecule has 0 radical (unpaired) electrons. The van der Waals surface area contributed by atoms with Gasteiger partial charge in [-0.1, -0.05) is 11.3 Å². The minimum absolute atomic E-state index is 0.132. The number of nitrogens with zero attached hydrogens (tertiary/aromatic N) is 7. The average molecular weight is 426 g/mol. The van der Waals surface area contributed by atoms with E-state index in [1.54, 1.807) is 18.6 Å². The van der Waals surface area contributed by atoms with Crippen LogP contribution in [0.25, 0.3) is 15.9 Å². The number of anilines is 2. The van der Waals surface area contributed by atoms with Crippen LogP contribution in [0.5, 0.6) is 0 Å². The van der Waals surface area contributed by atoms with Gasteiger partial charge in [0.2, 0.25) is 11.6 Å². The van der Waals surface area contributed by atoms with E-state index >= 15 is 0 Å². The van der Waals surface area contributed by atoms with Gasteiger partial charge in [-0.25, -0.2) is 14.4 Å². The molecule has 1 unspecified atom stereocenters. The standard InChI is InChI=1S/C19H19FN8OS/c1-12-9-26(6-7-28(12)17-18-25-22-11-27(18)5-4-21-17)10-16(29)24-19-23-14-3-2-13(20)8-15(14)30-19/h2-5,8,11-12H,6-7,9-10H2,1H3,(H,23,24,29). The first-order valence-electron chi connectivity index (χ1n) is 9.56. The number of aromatic nitrogens is 5. The second kappa shape index (κ2) is 7.58. The number of carbonyl (C=O) groups excluding carboxylic acids is 1. The lowest BCUT2D eigenvalue weighted by Crippen LogP contribution is -2.53. The number of fused-ring (bicyclic) bond motifs is 2. The Balaban J connectivity index is 1.22. The van der Waals surface area contributed by atoms with Gasteiger partial charge in [-0.15, -0.1) is 10.2 Å². The molecule has 1 aromatic carbocycles. The van der Waals surface area contributed by atoms with Crippen LogP contribution in [-0.2, 0) is 4.79 Å². The maximum atomic E-state index is 13.3. The Morgan fingerprint density at radius 3 is 3.13 bits per heavy atom. The Bertz CT molecular complexity index is 1220. The molecular formula is C19H19FN8OS. The Morgan fingerprint density at radius 2 is 2.27 bits per heavy atom. The number of carbonyl (C=O) groups is 1. The molecule has 0 aliphatic carbocycles. The smallest absolute Gasteiger partial charge is 0.240 e. The van der Waals surface area contributed by atoms with E-state index in [4.69, 9.17) is 0 Å². The third-order valence-electron chi connectivity index (χ3n) is 5.14. The molecule has 5 rings (SSSR count). The third kappa shape index (κ3) is 3.57. The summed E-state index contributed by atoms with van der Waals surface area (Å²) < 4.78 is 15.9. The molecule has 0 spiro atoms. The number of rotatable bonds is 4. The molecule has 3 aromatic heterocycles. The molecule has 4 heterocycles. The molecule has 1 atom stereocenters. The first-order chi connectivity index (χ1) is 14.6.